The Morgan fingerprint density at radius 3 is 2.81 bits per heavy atom. The molecule has 1 aromatic heterocycles. The number of aryl methyl sites for hydroxylation is 1. The van der Waals surface area contributed by atoms with E-state index in [2.05, 4.69) is 51.4 Å². The van der Waals surface area contributed by atoms with Crippen molar-refractivity contribution < 1.29 is 0 Å². The lowest BCUT2D eigenvalue weighted by Gasteiger charge is -2.09. The summed E-state index contributed by atoms with van der Waals surface area (Å²) >= 11 is 3.49. The van der Waals surface area contributed by atoms with Crippen LogP contribution in [0.4, 0.5) is 5.69 Å². The quantitative estimate of drug-likeness (QED) is 0.918. The van der Waals surface area contributed by atoms with Gasteiger partial charge in [0.2, 0.25) is 0 Å². The summed E-state index contributed by atoms with van der Waals surface area (Å²) in [4.78, 5) is 4.65. The van der Waals surface area contributed by atoms with Crippen molar-refractivity contribution in [3.8, 4) is 0 Å². The second-order valence-corrected chi connectivity index (χ2v) is 4.74. The van der Waals surface area contributed by atoms with Crippen molar-refractivity contribution in [1.82, 2.24) is 4.98 Å². The van der Waals surface area contributed by atoms with Crippen molar-refractivity contribution in [1.29, 1.82) is 0 Å². The number of hydrogen-bond acceptors (Lipinski definition) is 2. The molecular weight excluding hydrogens is 264 g/mol. The molecule has 16 heavy (non-hydrogen) atoms. The van der Waals surface area contributed by atoms with Gasteiger partial charge in [-0.1, -0.05) is 29.3 Å². The molecule has 0 radical (unpaired) electrons. The van der Waals surface area contributed by atoms with E-state index in [-0.39, 0.29) is 0 Å². The van der Waals surface area contributed by atoms with Gasteiger partial charge in [0.25, 0.3) is 0 Å². The van der Waals surface area contributed by atoms with Gasteiger partial charge in [-0.2, -0.15) is 0 Å². The van der Waals surface area contributed by atoms with Crippen LogP contribution in [0.25, 0.3) is 10.9 Å². The van der Waals surface area contributed by atoms with Crippen molar-refractivity contribution in [3.63, 3.8) is 0 Å². The highest BCUT2D eigenvalue weighted by molar-refractivity contribution is 9.10. The molecule has 0 bridgehead atoms. The van der Waals surface area contributed by atoms with Crippen molar-refractivity contribution in [3.05, 3.63) is 34.4 Å². The molecule has 0 saturated heterocycles. The van der Waals surface area contributed by atoms with Crippen LogP contribution in [0.1, 0.15) is 19.0 Å². The lowest BCUT2D eigenvalue weighted by atomic mass is 10.1. The monoisotopic (exact) mass is 278 g/mol. The third-order valence-corrected chi connectivity index (χ3v) is 3.09. The van der Waals surface area contributed by atoms with Crippen molar-refractivity contribution in [2.24, 2.45) is 0 Å². The minimum Gasteiger partial charge on any atom is -0.388 e. The molecule has 1 N–H and O–H groups in total. The second-order valence-electron chi connectivity index (χ2n) is 3.82. The number of rotatable bonds is 3. The highest BCUT2D eigenvalue weighted by Crippen LogP contribution is 2.26. The predicted octanol–water partition coefficient (Wildman–Crippen LogP) is 3.99. The van der Waals surface area contributed by atoms with E-state index in [9.17, 15) is 0 Å². The maximum absolute atomic E-state index is 4.65. The third-order valence-electron chi connectivity index (χ3n) is 2.60. The summed E-state index contributed by atoms with van der Waals surface area (Å²) in [5, 5.41) is 4.40. The van der Waals surface area contributed by atoms with E-state index in [1.54, 1.807) is 0 Å². The smallest absolute Gasteiger partial charge is 0.0726 e. The number of benzene rings is 1. The molecule has 84 valence electrons. The summed E-state index contributed by atoms with van der Waals surface area (Å²) in [6, 6.07) is 8.33. The number of fused-ring (bicyclic) bond motifs is 1. The molecule has 0 unspecified atom stereocenters. The van der Waals surface area contributed by atoms with Gasteiger partial charge in [-0.3, -0.25) is 4.98 Å². The Bertz CT molecular complexity index is 509. The summed E-state index contributed by atoms with van der Waals surface area (Å²) in [5.74, 6) is 0. The summed E-state index contributed by atoms with van der Waals surface area (Å²) in [6.07, 6.45) is 2.15. The van der Waals surface area contributed by atoms with Gasteiger partial charge in [-0.05, 0) is 30.7 Å². The normalized spacial score (nSPS) is 10.7. The fourth-order valence-corrected chi connectivity index (χ4v) is 2.20. The molecule has 2 nitrogen and oxygen atoms in total. The zero-order valence-electron chi connectivity index (χ0n) is 9.55. The van der Waals surface area contributed by atoms with Crippen LogP contribution in [-0.2, 0) is 6.42 Å². The van der Waals surface area contributed by atoms with Crippen LogP contribution in [-0.4, -0.2) is 12.0 Å². The topological polar surface area (TPSA) is 24.9 Å². The van der Waals surface area contributed by atoms with E-state index in [0.717, 1.165) is 39.6 Å². The van der Waals surface area contributed by atoms with E-state index in [1.807, 2.05) is 13.1 Å². The lowest BCUT2D eigenvalue weighted by molar-refractivity contribution is 0.890. The first-order valence-electron chi connectivity index (χ1n) is 5.51. The Morgan fingerprint density at radius 1 is 1.31 bits per heavy atom. The van der Waals surface area contributed by atoms with E-state index in [1.165, 1.54) is 0 Å². The Kier molecular flexibility index (Phi) is 3.44. The van der Waals surface area contributed by atoms with Gasteiger partial charge in [0.15, 0.2) is 0 Å². The zero-order valence-corrected chi connectivity index (χ0v) is 11.1. The maximum atomic E-state index is 4.65. The second kappa shape index (κ2) is 4.83. The summed E-state index contributed by atoms with van der Waals surface area (Å²) in [7, 11) is 1.95. The third kappa shape index (κ3) is 2.19. The molecule has 2 rings (SSSR count). The van der Waals surface area contributed by atoms with Gasteiger partial charge < -0.3 is 5.32 Å². The Balaban J connectivity index is 2.63. The van der Waals surface area contributed by atoms with E-state index in [0.29, 0.717) is 0 Å². The minimum absolute atomic E-state index is 1.03. The van der Waals surface area contributed by atoms with Gasteiger partial charge in [0.05, 0.1) is 5.52 Å². The largest absolute Gasteiger partial charge is 0.388 e. The molecular formula is C13H15BrN2. The first-order chi connectivity index (χ1) is 7.74. The summed E-state index contributed by atoms with van der Waals surface area (Å²) < 4.78 is 1.08. The molecule has 0 aliphatic rings. The van der Waals surface area contributed by atoms with Crippen molar-refractivity contribution >= 4 is 32.5 Å². The first-order valence-corrected chi connectivity index (χ1v) is 6.31. The van der Waals surface area contributed by atoms with Crippen molar-refractivity contribution in [2.45, 2.75) is 19.8 Å². The predicted molar refractivity (Wildman–Crippen MR) is 73.0 cm³/mol. The molecule has 1 aromatic carbocycles. The van der Waals surface area contributed by atoms with E-state index in [4.69, 9.17) is 0 Å². The zero-order chi connectivity index (χ0) is 11.5. The van der Waals surface area contributed by atoms with E-state index < -0.39 is 0 Å². The Morgan fingerprint density at radius 2 is 2.12 bits per heavy atom. The molecule has 3 heteroatoms. The van der Waals surface area contributed by atoms with Gasteiger partial charge in [-0.15, -0.1) is 0 Å². The molecule has 1 heterocycles. The molecule has 0 atom stereocenters. The fraction of sp³-hybridized carbons (Fsp3) is 0.308. The minimum atomic E-state index is 1.03. The van der Waals surface area contributed by atoms with Crippen LogP contribution < -0.4 is 5.32 Å². The molecule has 0 spiro atoms. The summed E-state index contributed by atoms with van der Waals surface area (Å²) in [5.41, 5.74) is 3.36. The maximum Gasteiger partial charge on any atom is 0.0726 e. The number of halogens is 1. The molecule has 2 aromatic rings. The molecule has 0 aliphatic carbocycles. The van der Waals surface area contributed by atoms with Gasteiger partial charge in [-0.25, -0.2) is 0 Å². The fourth-order valence-electron chi connectivity index (χ4n) is 1.84. The van der Waals surface area contributed by atoms with Gasteiger partial charge in [0.1, 0.15) is 0 Å². The van der Waals surface area contributed by atoms with Crippen LogP contribution in [0.3, 0.4) is 0 Å². The number of aromatic nitrogens is 1. The van der Waals surface area contributed by atoms with Crippen LogP contribution in [0.15, 0.2) is 28.7 Å². The number of anilines is 1. The number of pyridine rings is 1. The molecule has 0 aliphatic heterocycles. The number of hydrogen-bond donors (Lipinski definition) is 1. The van der Waals surface area contributed by atoms with Crippen LogP contribution >= 0.6 is 15.9 Å². The number of nitrogens with zero attached hydrogens (tertiary/aromatic N) is 1. The average Bonchev–Trinajstić information content (AvgIpc) is 2.29. The average molecular weight is 279 g/mol. The molecule has 0 saturated carbocycles. The van der Waals surface area contributed by atoms with Crippen LogP contribution in [0.2, 0.25) is 0 Å². The van der Waals surface area contributed by atoms with Crippen molar-refractivity contribution in [2.75, 3.05) is 12.4 Å². The highest BCUT2D eigenvalue weighted by Gasteiger charge is 2.04. The first kappa shape index (κ1) is 11.4. The Labute approximate surface area is 104 Å². The Hall–Kier alpha value is -1.09. The van der Waals surface area contributed by atoms with Gasteiger partial charge >= 0.3 is 0 Å². The molecule has 0 amide bonds. The standard InChI is InChI=1S/C13H15BrN2/c1-3-4-10-8-13(15-2)11-7-9(14)5-6-12(11)16-10/h5-8H,3-4H2,1-2H3,(H,15,16). The lowest BCUT2D eigenvalue weighted by Crippen LogP contribution is -1.96. The SMILES string of the molecule is CCCc1cc(NC)c2cc(Br)ccc2n1. The summed E-state index contributed by atoms with van der Waals surface area (Å²) in [6.45, 7) is 2.17. The number of nitrogens with one attached hydrogen (secondary N) is 1. The van der Waals surface area contributed by atoms with Crippen LogP contribution in [0.5, 0.6) is 0 Å². The molecule has 0 fully saturated rings. The highest BCUT2D eigenvalue weighted by atomic mass is 79.9. The van der Waals surface area contributed by atoms with Crippen LogP contribution in [0, 0.1) is 0 Å². The van der Waals surface area contributed by atoms with E-state index >= 15 is 0 Å². The van der Waals surface area contributed by atoms with Gasteiger partial charge in [0, 0.05) is 28.3 Å².